The van der Waals surface area contributed by atoms with E-state index in [9.17, 15) is 5.11 Å². The van der Waals surface area contributed by atoms with Crippen LogP contribution in [0.15, 0.2) is 53.0 Å². The molecule has 0 unspecified atom stereocenters. The molecule has 0 aliphatic carbocycles. The second kappa shape index (κ2) is 3.49. The van der Waals surface area contributed by atoms with Crippen LogP contribution in [0.5, 0.6) is 5.75 Å². The van der Waals surface area contributed by atoms with E-state index in [1.54, 1.807) is 6.07 Å². The molecule has 16 heavy (non-hydrogen) atoms. The maximum atomic E-state index is 9.64. The predicted octanol–water partition coefficient (Wildman–Crippen LogP) is 4.46. The van der Waals surface area contributed by atoms with Crippen molar-refractivity contribution in [3.8, 4) is 5.75 Å². The Kier molecular flexibility index (Phi) is 2.11. The summed E-state index contributed by atoms with van der Waals surface area (Å²) in [6.07, 6.45) is 0. The summed E-state index contributed by atoms with van der Waals surface area (Å²) in [6.45, 7) is 0. The number of hydrogen-bond donors (Lipinski definition) is 1. The molecule has 3 rings (SSSR count). The molecule has 0 radical (unpaired) electrons. The van der Waals surface area contributed by atoms with Gasteiger partial charge in [0.05, 0.1) is 4.47 Å². The van der Waals surface area contributed by atoms with Crippen LogP contribution in [0, 0.1) is 0 Å². The van der Waals surface area contributed by atoms with Gasteiger partial charge in [-0.3, -0.25) is 0 Å². The van der Waals surface area contributed by atoms with Gasteiger partial charge in [0.2, 0.25) is 0 Å². The predicted molar refractivity (Wildman–Crippen MR) is 70.8 cm³/mol. The molecular weight excluding hydrogens is 264 g/mol. The van der Waals surface area contributed by atoms with Gasteiger partial charge in [0.1, 0.15) is 5.75 Å². The van der Waals surface area contributed by atoms with Crippen molar-refractivity contribution in [3.63, 3.8) is 0 Å². The number of phenols is 1. The molecule has 0 saturated carbocycles. The first-order chi connectivity index (χ1) is 7.75. The lowest BCUT2D eigenvalue weighted by atomic mass is 10.0. The molecule has 3 aromatic carbocycles. The van der Waals surface area contributed by atoms with Crippen molar-refractivity contribution in [2.75, 3.05) is 0 Å². The molecule has 0 fully saturated rings. The van der Waals surface area contributed by atoms with E-state index in [-0.39, 0.29) is 5.75 Å². The molecule has 0 heterocycles. The van der Waals surface area contributed by atoms with Crippen LogP contribution >= 0.6 is 15.9 Å². The van der Waals surface area contributed by atoms with Crippen LogP contribution in [-0.2, 0) is 0 Å². The second-order valence-electron chi connectivity index (χ2n) is 3.82. The van der Waals surface area contributed by atoms with E-state index in [1.807, 2.05) is 18.2 Å². The summed E-state index contributed by atoms with van der Waals surface area (Å²) in [7, 11) is 0. The van der Waals surface area contributed by atoms with Crippen LogP contribution in [0.2, 0.25) is 0 Å². The molecule has 2 heteroatoms. The van der Waals surface area contributed by atoms with E-state index in [0.717, 1.165) is 15.2 Å². The minimum absolute atomic E-state index is 0.280. The fourth-order valence-corrected chi connectivity index (χ4v) is 2.44. The quantitative estimate of drug-likeness (QED) is 0.599. The molecule has 0 amide bonds. The Bertz CT molecular complexity index is 689. The van der Waals surface area contributed by atoms with Gasteiger partial charge in [-0.25, -0.2) is 0 Å². The molecule has 78 valence electrons. The van der Waals surface area contributed by atoms with Crippen LogP contribution in [0.25, 0.3) is 21.5 Å². The van der Waals surface area contributed by atoms with Gasteiger partial charge in [0, 0.05) is 5.39 Å². The highest BCUT2D eigenvalue weighted by Crippen LogP contribution is 2.34. The zero-order valence-corrected chi connectivity index (χ0v) is 10.0. The Morgan fingerprint density at radius 3 is 2.25 bits per heavy atom. The summed E-state index contributed by atoms with van der Waals surface area (Å²) in [4.78, 5) is 0. The third kappa shape index (κ3) is 1.38. The van der Waals surface area contributed by atoms with Crippen molar-refractivity contribution in [2.24, 2.45) is 0 Å². The van der Waals surface area contributed by atoms with Crippen molar-refractivity contribution in [1.29, 1.82) is 0 Å². The molecule has 0 saturated heterocycles. The van der Waals surface area contributed by atoms with Crippen molar-refractivity contribution in [2.45, 2.75) is 0 Å². The summed E-state index contributed by atoms with van der Waals surface area (Å²) in [6, 6.07) is 16.1. The molecule has 0 aliphatic rings. The Morgan fingerprint density at radius 2 is 1.50 bits per heavy atom. The summed E-state index contributed by atoms with van der Waals surface area (Å²) in [5.41, 5.74) is 0. The first-order valence-corrected chi connectivity index (χ1v) is 5.85. The van der Waals surface area contributed by atoms with Gasteiger partial charge >= 0.3 is 0 Å². The van der Waals surface area contributed by atoms with Gasteiger partial charge in [-0.2, -0.15) is 0 Å². The minimum Gasteiger partial charge on any atom is -0.507 e. The Labute approximate surface area is 101 Å². The molecule has 3 aromatic rings. The Balaban J connectivity index is 2.51. The van der Waals surface area contributed by atoms with E-state index < -0.39 is 0 Å². The highest BCUT2D eigenvalue weighted by molar-refractivity contribution is 9.10. The number of aromatic hydroxyl groups is 1. The lowest BCUT2D eigenvalue weighted by molar-refractivity contribution is 0.473. The highest BCUT2D eigenvalue weighted by Gasteiger charge is 2.04. The average Bonchev–Trinajstić information content (AvgIpc) is 2.32. The Morgan fingerprint density at radius 1 is 0.812 bits per heavy atom. The van der Waals surface area contributed by atoms with E-state index in [0.29, 0.717) is 0 Å². The molecule has 0 spiro atoms. The summed E-state index contributed by atoms with van der Waals surface area (Å²) in [5.74, 6) is 0.280. The molecule has 0 bridgehead atoms. The van der Waals surface area contributed by atoms with Gasteiger partial charge in [-0.15, -0.1) is 0 Å². The largest absolute Gasteiger partial charge is 0.507 e. The van der Waals surface area contributed by atoms with Crippen LogP contribution in [-0.4, -0.2) is 5.11 Å². The smallest absolute Gasteiger partial charge is 0.130 e. The number of fused-ring (bicyclic) bond motifs is 2. The van der Waals surface area contributed by atoms with Gasteiger partial charge in [-0.05, 0) is 50.3 Å². The second-order valence-corrected chi connectivity index (χ2v) is 4.61. The van der Waals surface area contributed by atoms with Crippen molar-refractivity contribution < 1.29 is 5.11 Å². The normalized spacial score (nSPS) is 11.1. The summed E-state index contributed by atoms with van der Waals surface area (Å²) < 4.78 is 0.760. The van der Waals surface area contributed by atoms with E-state index in [1.165, 1.54) is 10.8 Å². The van der Waals surface area contributed by atoms with Crippen LogP contribution < -0.4 is 0 Å². The molecule has 0 aromatic heterocycles. The van der Waals surface area contributed by atoms with Gasteiger partial charge < -0.3 is 5.11 Å². The Hall–Kier alpha value is -1.54. The molecule has 1 N–H and O–H groups in total. The van der Waals surface area contributed by atoms with Crippen molar-refractivity contribution >= 4 is 37.5 Å². The van der Waals surface area contributed by atoms with Gasteiger partial charge in [0.25, 0.3) is 0 Å². The lowest BCUT2D eigenvalue weighted by Gasteiger charge is -2.05. The molecule has 0 aliphatic heterocycles. The van der Waals surface area contributed by atoms with Crippen LogP contribution in [0.3, 0.4) is 0 Å². The maximum Gasteiger partial charge on any atom is 0.130 e. The number of halogens is 1. The first kappa shape index (κ1) is 9.67. The van der Waals surface area contributed by atoms with E-state index >= 15 is 0 Å². The van der Waals surface area contributed by atoms with Gasteiger partial charge in [-0.1, -0.05) is 30.3 Å². The minimum atomic E-state index is 0.280. The van der Waals surface area contributed by atoms with Crippen molar-refractivity contribution in [3.05, 3.63) is 53.0 Å². The average molecular weight is 273 g/mol. The highest BCUT2D eigenvalue weighted by atomic mass is 79.9. The third-order valence-corrected chi connectivity index (χ3v) is 3.63. The molecule has 1 nitrogen and oxygen atoms in total. The first-order valence-electron chi connectivity index (χ1n) is 5.06. The summed E-state index contributed by atoms with van der Waals surface area (Å²) in [5, 5.41) is 14.2. The number of phenolic OH excluding ortho intramolecular Hbond substituents is 1. The van der Waals surface area contributed by atoms with Crippen LogP contribution in [0.1, 0.15) is 0 Å². The number of rotatable bonds is 0. The number of hydrogen-bond acceptors (Lipinski definition) is 1. The topological polar surface area (TPSA) is 20.2 Å². The fraction of sp³-hybridized carbons (Fsp3) is 0. The van der Waals surface area contributed by atoms with E-state index in [4.69, 9.17) is 0 Å². The monoisotopic (exact) mass is 272 g/mol. The van der Waals surface area contributed by atoms with Gasteiger partial charge in [0.15, 0.2) is 0 Å². The SMILES string of the molecule is Oc1ccc2cc3ccccc3cc2c1Br. The van der Waals surface area contributed by atoms with Crippen LogP contribution in [0.4, 0.5) is 0 Å². The zero-order chi connectivity index (χ0) is 11.1. The van der Waals surface area contributed by atoms with E-state index in [2.05, 4.69) is 40.2 Å². The van der Waals surface area contributed by atoms with Crippen molar-refractivity contribution in [1.82, 2.24) is 0 Å². The number of benzene rings is 3. The standard InChI is InChI=1S/C14H9BrO/c15-14-12-8-10-4-2-1-3-9(10)7-11(12)5-6-13(14)16/h1-8,16H. The molecule has 0 atom stereocenters. The summed E-state index contributed by atoms with van der Waals surface area (Å²) >= 11 is 3.42. The third-order valence-electron chi connectivity index (χ3n) is 2.80. The maximum absolute atomic E-state index is 9.64. The lowest BCUT2D eigenvalue weighted by Crippen LogP contribution is -1.78. The zero-order valence-electron chi connectivity index (χ0n) is 8.44. The fourth-order valence-electron chi connectivity index (χ4n) is 1.97. The molecular formula is C14H9BrO.